The van der Waals surface area contributed by atoms with Gasteiger partial charge >= 0.3 is 6.03 Å². The lowest BCUT2D eigenvalue weighted by Gasteiger charge is -2.26. The predicted octanol–water partition coefficient (Wildman–Crippen LogP) is 5.58. The van der Waals surface area contributed by atoms with Crippen LogP contribution in [-0.2, 0) is 22.6 Å². The molecule has 1 N–H and O–H groups in total. The minimum atomic E-state index is -0.791. The van der Waals surface area contributed by atoms with Crippen LogP contribution in [0.3, 0.4) is 0 Å². The highest BCUT2D eigenvalue weighted by molar-refractivity contribution is 14.1. The molecule has 0 saturated carbocycles. The molecule has 1 fully saturated rings. The second-order valence-electron chi connectivity index (χ2n) is 8.41. The third kappa shape index (κ3) is 5.91. The Balaban J connectivity index is 1.69. The second kappa shape index (κ2) is 11.4. The summed E-state index contributed by atoms with van der Waals surface area (Å²) in [6.07, 6.45) is 3.66. The Morgan fingerprint density at radius 3 is 2.38 bits per heavy atom. The van der Waals surface area contributed by atoms with Gasteiger partial charge in [-0.1, -0.05) is 35.9 Å². The number of carbonyl (C=O) groups excluding carboxylic acids is 3. The molecule has 4 rings (SSSR count). The highest BCUT2D eigenvalue weighted by atomic mass is 127. The fraction of sp³-hybridized carbons (Fsp3) is 0.138. The molecule has 37 heavy (non-hydrogen) atoms. The number of methoxy groups -OCH3 is 1. The number of benzene rings is 3. The summed E-state index contributed by atoms with van der Waals surface area (Å²) in [6.45, 7) is 6.07. The van der Waals surface area contributed by atoms with Gasteiger partial charge in [0.25, 0.3) is 11.8 Å². The van der Waals surface area contributed by atoms with Crippen LogP contribution in [0, 0.1) is 10.5 Å². The van der Waals surface area contributed by atoms with Gasteiger partial charge in [-0.2, -0.15) is 0 Å². The number of allylic oxidation sites excluding steroid dienone is 1. The Hall–Kier alpha value is -3.92. The SMILES string of the molecule is C=CCc1cc(/C=C2\C(=O)NC(=O)N(c3ccc(C)cc3)C2=O)cc(OC)c1OCc1ccc(I)cc1. The smallest absolute Gasteiger partial charge is 0.335 e. The summed E-state index contributed by atoms with van der Waals surface area (Å²) in [6, 6.07) is 17.6. The van der Waals surface area contributed by atoms with Crippen LogP contribution in [-0.4, -0.2) is 25.0 Å². The average molecular weight is 608 g/mol. The monoisotopic (exact) mass is 608 g/mol. The van der Waals surface area contributed by atoms with Crippen molar-refractivity contribution in [2.45, 2.75) is 20.0 Å². The van der Waals surface area contributed by atoms with E-state index in [4.69, 9.17) is 9.47 Å². The first-order chi connectivity index (χ1) is 17.8. The number of carbonyl (C=O) groups is 3. The molecule has 1 aliphatic rings. The topological polar surface area (TPSA) is 84.9 Å². The molecule has 0 spiro atoms. The Morgan fingerprint density at radius 2 is 1.73 bits per heavy atom. The highest BCUT2D eigenvalue weighted by Gasteiger charge is 2.36. The molecule has 0 unspecified atom stereocenters. The quantitative estimate of drug-likeness (QED) is 0.156. The first-order valence-corrected chi connectivity index (χ1v) is 12.6. The van der Waals surface area contributed by atoms with Crippen molar-refractivity contribution >= 4 is 52.2 Å². The zero-order valence-corrected chi connectivity index (χ0v) is 22.6. The minimum absolute atomic E-state index is 0.167. The first-order valence-electron chi connectivity index (χ1n) is 11.5. The number of barbiturate groups is 1. The maximum Gasteiger partial charge on any atom is 0.335 e. The van der Waals surface area contributed by atoms with Gasteiger partial charge in [0.15, 0.2) is 11.5 Å². The number of nitrogens with one attached hydrogen (secondary N) is 1. The standard InChI is InChI=1S/C29H25IN2O5/c1-4-5-21-14-20(16-25(36-3)26(21)37-17-19-8-10-22(30)11-9-19)15-24-27(33)31-29(35)32(28(24)34)23-12-6-18(2)7-13-23/h4,6-16H,1,5,17H2,2-3H3,(H,31,33,35)/b24-15+. The zero-order chi connectivity index (χ0) is 26.5. The normalized spacial score (nSPS) is 14.5. The summed E-state index contributed by atoms with van der Waals surface area (Å²) in [5, 5.41) is 2.25. The number of urea groups is 1. The predicted molar refractivity (Wildman–Crippen MR) is 151 cm³/mol. The first kappa shape index (κ1) is 26.2. The van der Waals surface area contributed by atoms with E-state index < -0.39 is 17.8 Å². The van der Waals surface area contributed by atoms with E-state index in [-0.39, 0.29) is 5.57 Å². The maximum absolute atomic E-state index is 13.3. The van der Waals surface area contributed by atoms with Crippen molar-refractivity contribution in [3.63, 3.8) is 0 Å². The molecule has 7 nitrogen and oxygen atoms in total. The van der Waals surface area contributed by atoms with E-state index in [2.05, 4.69) is 34.5 Å². The van der Waals surface area contributed by atoms with Crippen molar-refractivity contribution < 1.29 is 23.9 Å². The molecule has 1 aliphatic heterocycles. The molecule has 3 aromatic rings. The summed E-state index contributed by atoms with van der Waals surface area (Å²) < 4.78 is 12.9. The number of nitrogens with zero attached hydrogens (tertiary/aromatic N) is 1. The van der Waals surface area contributed by atoms with Crippen molar-refractivity contribution in [3.8, 4) is 11.5 Å². The molecule has 0 aromatic heterocycles. The number of aryl methyl sites for hydroxylation is 1. The summed E-state index contributed by atoms with van der Waals surface area (Å²) in [5.41, 5.74) is 3.51. The summed E-state index contributed by atoms with van der Waals surface area (Å²) in [4.78, 5) is 39.3. The lowest BCUT2D eigenvalue weighted by Crippen LogP contribution is -2.54. The van der Waals surface area contributed by atoms with Gasteiger partial charge in [-0.05, 0) is 89.5 Å². The number of ether oxygens (including phenoxy) is 2. The molecule has 1 saturated heterocycles. The molecule has 0 atom stereocenters. The van der Waals surface area contributed by atoms with Crippen molar-refractivity contribution in [1.29, 1.82) is 0 Å². The van der Waals surface area contributed by atoms with Crippen molar-refractivity contribution in [3.05, 3.63) is 105 Å². The molecule has 3 aromatic carbocycles. The Morgan fingerprint density at radius 1 is 1.03 bits per heavy atom. The minimum Gasteiger partial charge on any atom is -0.493 e. The van der Waals surface area contributed by atoms with Gasteiger partial charge < -0.3 is 9.47 Å². The number of anilines is 1. The number of amides is 4. The number of hydrogen-bond acceptors (Lipinski definition) is 5. The van der Waals surface area contributed by atoms with Crippen molar-refractivity contribution in [2.75, 3.05) is 12.0 Å². The lowest BCUT2D eigenvalue weighted by molar-refractivity contribution is -0.122. The van der Waals surface area contributed by atoms with E-state index in [1.807, 2.05) is 37.3 Å². The fourth-order valence-electron chi connectivity index (χ4n) is 3.88. The van der Waals surface area contributed by atoms with Crippen molar-refractivity contribution in [2.24, 2.45) is 0 Å². The summed E-state index contributed by atoms with van der Waals surface area (Å²) >= 11 is 2.25. The Bertz CT molecular complexity index is 1400. The average Bonchev–Trinajstić information content (AvgIpc) is 2.88. The molecule has 4 amide bonds. The fourth-order valence-corrected chi connectivity index (χ4v) is 4.24. The molecule has 0 bridgehead atoms. The number of rotatable bonds is 8. The zero-order valence-electron chi connectivity index (χ0n) is 20.4. The van der Waals surface area contributed by atoms with Crippen LogP contribution in [0.25, 0.3) is 6.08 Å². The van der Waals surface area contributed by atoms with Gasteiger partial charge in [-0.15, -0.1) is 6.58 Å². The van der Waals surface area contributed by atoms with E-state index in [1.54, 1.807) is 36.4 Å². The van der Waals surface area contributed by atoms with E-state index in [0.717, 1.165) is 25.2 Å². The third-order valence-electron chi connectivity index (χ3n) is 5.74. The highest BCUT2D eigenvalue weighted by Crippen LogP contribution is 2.35. The van der Waals surface area contributed by atoms with Gasteiger partial charge in [0, 0.05) is 9.13 Å². The van der Waals surface area contributed by atoms with Crippen LogP contribution in [0.2, 0.25) is 0 Å². The molecule has 0 radical (unpaired) electrons. The van der Waals surface area contributed by atoms with Crippen LogP contribution in [0.15, 0.2) is 78.9 Å². The third-order valence-corrected chi connectivity index (χ3v) is 6.46. The van der Waals surface area contributed by atoms with Gasteiger partial charge in [-0.25, -0.2) is 9.69 Å². The van der Waals surface area contributed by atoms with E-state index >= 15 is 0 Å². The van der Waals surface area contributed by atoms with Crippen LogP contribution < -0.4 is 19.7 Å². The second-order valence-corrected chi connectivity index (χ2v) is 9.66. The molecule has 8 heteroatoms. The van der Waals surface area contributed by atoms with E-state index in [0.29, 0.717) is 35.8 Å². The van der Waals surface area contributed by atoms with Gasteiger partial charge in [-0.3, -0.25) is 14.9 Å². The number of imide groups is 2. The molecular weight excluding hydrogens is 583 g/mol. The van der Waals surface area contributed by atoms with Crippen molar-refractivity contribution in [1.82, 2.24) is 5.32 Å². The summed E-state index contributed by atoms with van der Waals surface area (Å²) in [5.74, 6) is -0.465. The molecule has 0 aliphatic carbocycles. The van der Waals surface area contributed by atoms with Crippen LogP contribution in [0.4, 0.5) is 10.5 Å². The molecule has 1 heterocycles. The van der Waals surface area contributed by atoms with Crippen LogP contribution in [0.5, 0.6) is 11.5 Å². The Kier molecular flexibility index (Phi) is 8.08. The van der Waals surface area contributed by atoms with Crippen LogP contribution >= 0.6 is 22.6 Å². The van der Waals surface area contributed by atoms with Crippen LogP contribution in [0.1, 0.15) is 22.3 Å². The van der Waals surface area contributed by atoms with Gasteiger partial charge in [0.05, 0.1) is 12.8 Å². The van der Waals surface area contributed by atoms with E-state index in [9.17, 15) is 14.4 Å². The largest absolute Gasteiger partial charge is 0.493 e. The number of halogens is 1. The number of hydrogen-bond donors (Lipinski definition) is 1. The maximum atomic E-state index is 13.3. The molecular formula is C29H25IN2O5. The Labute approximate surface area is 228 Å². The van der Waals surface area contributed by atoms with Gasteiger partial charge in [0.2, 0.25) is 0 Å². The van der Waals surface area contributed by atoms with E-state index in [1.165, 1.54) is 13.2 Å². The lowest BCUT2D eigenvalue weighted by atomic mass is 10.0. The summed E-state index contributed by atoms with van der Waals surface area (Å²) in [7, 11) is 1.53. The van der Waals surface area contributed by atoms with Gasteiger partial charge in [0.1, 0.15) is 12.2 Å². The molecule has 188 valence electrons.